The van der Waals surface area contributed by atoms with Gasteiger partial charge >= 0.3 is 17.9 Å². The van der Waals surface area contributed by atoms with Crippen molar-refractivity contribution in [3.05, 3.63) is 35.9 Å². The first-order chi connectivity index (χ1) is 14.5. The molecule has 0 aliphatic rings. The first kappa shape index (κ1) is 26.7. The molecule has 174 valence electrons. The van der Waals surface area contributed by atoms with Gasteiger partial charge in [0, 0.05) is 5.41 Å². The topological polar surface area (TPSA) is 78.9 Å². The SMILES string of the molecule is CCCCC(CC)C(=O)OCC(C)(C)COC(=O)C(C)(C)COC(=O)c1ccccc1. The van der Waals surface area contributed by atoms with Gasteiger partial charge in [0.2, 0.25) is 0 Å². The van der Waals surface area contributed by atoms with Crippen LogP contribution < -0.4 is 0 Å². The molecule has 1 aromatic rings. The van der Waals surface area contributed by atoms with Crippen LogP contribution in [0.4, 0.5) is 0 Å². The Morgan fingerprint density at radius 3 is 2.06 bits per heavy atom. The van der Waals surface area contributed by atoms with Crippen molar-refractivity contribution in [2.45, 2.75) is 67.2 Å². The summed E-state index contributed by atoms with van der Waals surface area (Å²) in [4.78, 5) is 37.0. The van der Waals surface area contributed by atoms with Gasteiger partial charge in [-0.15, -0.1) is 0 Å². The molecular weight excluding hydrogens is 396 g/mol. The van der Waals surface area contributed by atoms with Crippen LogP contribution >= 0.6 is 0 Å². The predicted molar refractivity (Wildman–Crippen MR) is 120 cm³/mol. The standard InChI is InChI=1S/C25H38O6/c1-7-9-13-19(8-2)21(26)29-16-24(3,4)17-31-23(28)25(5,6)18-30-22(27)20-14-11-10-12-15-20/h10-12,14-15,19H,7-9,13,16-18H2,1-6H3. The summed E-state index contributed by atoms with van der Waals surface area (Å²) in [6.45, 7) is 11.4. The van der Waals surface area contributed by atoms with Crippen LogP contribution in [0.25, 0.3) is 0 Å². The van der Waals surface area contributed by atoms with Gasteiger partial charge in [-0.25, -0.2) is 4.79 Å². The third kappa shape index (κ3) is 9.53. The van der Waals surface area contributed by atoms with Crippen LogP contribution in [-0.2, 0) is 23.8 Å². The number of unbranched alkanes of at least 4 members (excludes halogenated alkanes) is 1. The molecule has 0 radical (unpaired) electrons. The third-order valence-electron chi connectivity index (χ3n) is 5.06. The maximum atomic E-state index is 12.6. The molecule has 0 aliphatic heterocycles. The van der Waals surface area contributed by atoms with E-state index < -0.39 is 22.8 Å². The zero-order valence-corrected chi connectivity index (χ0v) is 19.9. The Morgan fingerprint density at radius 1 is 0.871 bits per heavy atom. The Kier molecular flexibility index (Phi) is 10.7. The van der Waals surface area contributed by atoms with Crippen LogP contribution in [0.1, 0.15) is 77.6 Å². The lowest BCUT2D eigenvalue weighted by atomic mass is 9.93. The van der Waals surface area contributed by atoms with Crippen LogP contribution in [0.2, 0.25) is 0 Å². The Labute approximate surface area is 186 Å². The number of rotatable bonds is 13. The fourth-order valence-electron chi connectivity index (χ4n) is 2.78. The van der Waals surface area contributed by atoms with Crippen LogP contribution in [0.5, 0.6) is 0 Å². The van der Waals surface area contributed by atoms with Gasteiger partial charge in [-0.2, -0.15) is 0 Å². The first-order valence-electron chi connectivity index (χ1n) is 11.1. The van der Waals surface area contributed by atoms with E-state index in [0.29, 0.717) is 5.56 Å². The van der Waals surface area contributed by atoms with Gasteiger partial charge in [0.05, 0.1) is 30.1 Å². The molecule has 6 heteroatoms. The summed E-state index contributed by atoms with van der Waals surface area (Å²) in [5.41, 5.74) is -1.09. The molecule has 0 bridgehead atoms. The van der Waals surface area contributed by atoms with Crippen molar-refractivity contribution < 1.29 is 28.6 Å². The molecule has 31 heavy (non-hydrogen) atoms. The van der Waals surface area contributed by atoms with Crippen molar-refractivity contribution in [1.29, 1.82) is 0 Å². The molecular formula is C25H38O6. The van der Waals surface area contributed by atoms with Gasteiger partial charge in [0.25, 0.3) is 0 Å². The quantitative estimate of drug-likeness (QED) is 0.314. The molecule has 1 unspecified atom stereocenters. The monoisotopic (exact) mass is 434 g/mol. The highest BCUT2D eigenvalue weighted by Crippen LogP contribution is 2.23. The van der Waals surface area contributed by atoms with E-state index in [1.54, 1.807) is 38.1 Å². The van der Waals surface area contributed by atoms with E-state index in [0.717, 1.165) is 25.7 Å². The van der Waals surface area contributed by atoms with Gasteiger partial charge in [-0.05, 0) is 38.8 Å². The first-order valence-corrected chi connectivity index (χ1v) is 11.1. The molecule has 0 heterocycles. The normalized spacial score (nSPS) is 12.7. The Morgan fingerprint density at radius 2 is 1.48 bits per heavy atom. The molecule has 0 spiro atoms. The van der Waals surface area contributed by atoms with Gasteiger partial charge in [-0.3, -0.25) is 9.59 Å². The highest BCUT2D eigenvalue weighted by molar-refractivity contribution is 5.89. The highest BCUT2D eigenvalue weighted by Gasteiger charge is 2.33. The number of hydrogen-bond donors (Lipinski definition) is 0. The van der Waals surface area contributed by atoms with Crippen molar-refractivity contribution in [3.63, 3.8) is 0 Å². The summed E-state index contributed by atoms with van der Waals surface area (Å²) in [5.74, 6) is -1.23. The summed E-state index contributed by atoms with van der Waals surface area (Å²) >= 11 is 0. The summed E-state index contributed by atoms with van der Waals surface area (Å²) in [5, 5.41) is 0. The molecule has 6 nitrogen and oxygen atoms in total. The van der Waals surface area contributed by atoms with Gasteiger partial charge < -0.3 is 14.2 Å². The van der Waals surface area contributed by atoms with Crippen molar-refractivity contribution in [3.8, 4) is 0 Å². The molecule has 1 rings (SSSR count). The van der Waals surface area contributed by atoms with E-state index in [9.17, 15) is 14.4 Å². The number of carbonyl (C=O) groups excluding carboxylic acids is 3. The fraction of sp³-hybridized carbons (Fsp3) is 0.640. The van der Waals surface area contributed by atoms with Crippen molar-refractivity contribution >= 4 is 17.9 Å². The third-order valence-corrected chi connectivity index (χ3v) is 5.06. The molecule has 0 amide bonds. The molecule has 0 saturated carbocycles. The summed E-state index contributed by atoms with van der Waals surface area (Å²) < 4.78 is 16.3. The molecule has 0 aliphatic carbocycles. The maximum Gasteiger partial charge on any atom is 0.338 e. The second-order valence-corrected chi connectivity index (χ2v) is 9.42. The zero-order valence-electron chi connectivity index (χ0n) is 19.9. The molecule has 0 fully saturated rings. The molecule has 1 atom stereocenters. The van der Waals surface area contributed by atoms with E-state index >= 15 is 0 Å². The average Bonchev–Trinajstić information content (AvgIpc) is 2.75. The minimum Gasteiger partial charge on any atom is -0.465 e. The van der Waals surface area contributed by atoms with E-state index in [1.165, 1.54) is 0 Å². The van der Waals surface area contributed by atoms with Crippen LogP contribution in [0.3, 0.4) is 0 Å². The highest BCUT2D eigenvalue weighted by atomic mass is 16.6. The van der Waals surface area contributed by atoms with Gasteiger partial charge in [0.1, 0.15) is 6.61 Å². The second-order valence-electron chi connectivity index (χ2n) is 9.42. The van der Waals surface area contributed by atoms with Gasteiger partial charge in [-0.1, -0.05) is 58.7 Å². The number of ether oxygens (including phenoxy) is 3. The van der Waals surface area contributed by atoms with Crippen LogP contribution in [0.15, 0.2) is 30.3 Å². The van der Waals surface area contributed by atoms with Crippen LogP contribution in [0, 0.1) is 16.7 Å². The fourth-order valence-corrected chi connectivity index (χ4v) is 2.78. The van der Waals surface area contributed by atoms with E-state index in [2.05, 4.69) is 6.92 Å². The minimum absolute atomic E-state index is 0.0865. The number of benzene rings is 1. The van der Waals surface area contributed by atoms with Crippen molar-refractivity contribution in [1.82, 2.24) is 0 Å². The number of carbonyl (C=O) groups is 3. The molecule has 0 N–H and O–H groups in total. The van der Waals surface area contributed by atoms with Crippen molar-refractivity contribution in [2.24, 2.45) is 16.7 Å². The number of hydrogen-bond acceptors (Lipinski definition) is 6. The largest absolute Gasteiger partial charge is 0.465 e. The molecule has 0 aromatic heterocycles. The summed E-state index contributed by atoms with van der Waals surface area (Å²) in [6, 6.07) is 8.62. The summed E-state index contributed by atoms with van der Waals surface area (Å²) in [7, 11) is 0. The Hall–Kier alpha value is -2.37. The minimum atomic E-state index is -0.995. The molecule has 0 saturated heterocycles. The van der Waals surface area contributed by atoms with Crippen molar-refractivity contribution in [2.75, 3.05) is 19.8 Å². The Bertz CT molecular complexity index is 708. The average molecular weight is 435 g/mol. The van der Waals surface area contributed by atoms with E-state index in [1.807, 2.05) is 26.8 Å². The van der Waals surface area contributed by atoms with E-state index in [-0.39, 0.29) is 31.7 Å². The molecule has 1 aromatic carbocycles. The lowest BCUT2D eigenvalue weighted by Gasteiger charge is -2.28. The van der Waals surface area contributed by atoms with Crippen LogP contribution in [-0.4, -0.2) is 37.7 Å². The number of esters is 3. The predicted octanol–water partition coefficient (Wildman–Crippen LogP) is 5.20. The smallest absolute Gasteiger partial charge is 0.338 e. The van der Waals surface area contributed by atoms with Gasteiger partial charge in [0.15, 0.2) is 0 Å². The lowest BCUT2D eigenvalue weighted by molar-refractivity contribution is -0.162. The maximum absolute atomic E-state index is 12.6. The van der Waals surface area contributed by atoms with E-state index in [4.69, 9.17) is 14.2 Å². The zero-order chi connectivity index (χ0) is 23.5. The lowest BCUT2D eigenvalue weighted by Crippen LogP contribution is -2.36. The Balaban J connectivity index is 2.48. The summed E-state index contributed by atoms with van der Waals surface area (Å²) in [6.07, 6.45) is 3.63. The second kappa shape index (κ2) is 12.5.